The van der Waals surface area contributed by atoms with Gasteiger partial charge in [0.2, 0.25) is 5.91 Å². The zero-order valence-corrected chi connectivity index (χ0v) is 16.0. The van der Waals surface area contributed by atoms with Gasteiger partial charge in [0.15, 0.2) is 0 Å². The van der Waals surface area contributed by atoms with Crippen molar-refractivity contribution in [1.29, 1.82) is 0 Å². The molecule has 1 aliphatic rings. The maximum atomic E-state index is 12.3. The first-order valence-electron chi connectivity index (χ1n) is 9.22. The van der Waals surface area contributed by atoms with E-state index in [2.05, 4.69) is 11.6 Å². The minimum atomic E-state index is -0.109. The molecule has 1 aromatic carbocycles. The minimum absolute atomic E-state index is 0.0633. The Balaban J connectivity index is 1.91. The first-order chi connectivity index (χ1) is 13.6. The predicted octanol–water partition coefficient (Wildman–Crippen LogP) is 3.71. The van der Waals surface area contributed by atoms with Crippen LogP contribution in [-0.2, 0) is 11.3 Å². The Morgan fingerprint density at radius 2 is 1.86 bits per heavy atom. The maximum absolute atomic E-state index is 12.3. The van der Waals surface area contributed by atoms with Crippen molar-refractivity contribution in [2.75, 3.05) is 13.7 Å². The summed E-state index contributed by atoms with van der Waals surface area (Å²) in [6, 6.07) is 11.7. The summed E-state index contributed by atoms with van der Waals surface area (Å²) in [7, 11) is 1.65. The van der Waals surface area contributed by atoms with Crippen molar-refractivity contribution in [1.82, 2.24) is 19.7 Å². The first-order valence-corrected chi connectivity index (χ1v) is 9.22. The number of methoxy groups -OCH3 is 1. The van der Waals surface area contributed by atoms with Crippen LogP contribution >= 0.6 is 0 Å². The molecule has 1 aliphatic heterocycles. The number of benzene rings is 1. The number of fused-ring (bicyclic) bond motifs is 1. The second kappa shape index (κ2) is 7.31. The minimum Gasteiger partial charge on any atom is -0.497 e. The molecule has 0 fully saturated rings. The molecule has 4 rings (SSSR count). The number of aromatic nitrogens is 3. The molecule has 3 aromatic rings. The fourth-order valence-electron chi connectivity index (χ4n) is 3.79. The van der Waals surface area contributed by atoms with Crippen LogP contribution in [0.5, 0.6) is 5.75 Å². The number of carbonyl (C=O) groups excluding carboxylic acids is 1. The smallest absolute Gasteiger partial charge is 0.246 e. The molecule has 6 heteroatoms. The number of ether oxygens (including phenoxy) is 1. The van der Waals surface area contributed by atoms with Gasteiger partial charge in [-0.05, 0) is 55.0 Å². The third-order valence-corrected chi connectivity index (χ3v) is 5.20. The third kappa shape index (κ3) is 2.97. The van der Waals surface area contributed by atoms with E-state index in [4.69, 9.17) is 9.84 Å². The third-order valence-electron chi connectivity index (χ3n) is 5.20. The molecule has 0 unspecified atom stereocenters. The summed E-state index contributed by atoms with van der Waals surface area (Å²) in [6.45, 7) is 6.94. The Labute approximate surface area is 164 Å². The highest BCUT2D eigenvalue weighted by atomic mass is 16.5. The van der Waals surface area contributed by atoms with Gasteiger partial charge < -0.3 is 9.64 Å². The van der Waals surface area contributed by atoms with Crippen molar-refractivity contribution in [2.24, 2.45) is 0 Å². The summed E-state index contributed by atoms with van der Waals surface area (Å²) in [6.07, 6.45) is 4.92. The zero-order chi connectivity index (χ0) is 19.7. The van der Waals surface area contributed by atoms with Crippen LogP contribution in [0.3, 0.4) is 0 Å². The van der Waals surface area contributed by atoms with Crippen LogP contribution in [0.4, 0.5) is 0 Å². The van der Waals surface area contributed by atoms with E-state index in [9.17, 15) is 4.79 Å². The van der Waals surface area contributed by atoms with Crippen molar-refractivity contribution in [3.8, 4) is 28.1 Å². The Bertz CT molecular complexity index is 1010. The Hall–Kier alpha value is -3.41. The molecule has 1 amide bonds. The highest BCUT2D eigenvalue weighted by Gasteiger charge is 2.32. The van der Waals surface area contributed by atoms with Crippen LogP contribution in [-0.4, -0.2) is 39.2 Å². The lowest BCUT2D eigenvalue weighted by Crippen LogP contribution is -2.40. The Kier molecular flexibility index (Phi) is 4.69. The average molecular weight is 374 g/mol. The molecule has 28 heavy (non-hydrogen) atoms. The normalized spacial score (nSPS) is 15.8. The molecule has 2 aromatic heterocycles. The van der Waals surface area contributed by atoms with Crippen molar-refractivity contribution in [2.45, 2.75) is 19.5 Å². The van der Waals surface area contributed by atoms with Gasteiger partial charge in [-0.25, -0.2) is 0 Å². The molecule has 142 valence electrons. The highest BCUT2D eigenvalue weighted by Crippen LogP contribution is 2.40. The highest BCUT2D eigenvalue weighted by molar-refractivity contribution is 5.88. The second-order valence-corrected chi connectivity index (χ2v) is 6.71. The summed E-state index contributed by atoms with van der Waals surface area (Å²) in [4.78, 5) is 18.3. The van der Waals surface area contributed by atoms with Crippen molar-refractivity contribution < 1.29 is 9.53 Å². The van der Waals surface area contributed by atoms with E-state index in [1.54, 1.807) is 19.5 Å². The lowest BCUT2D eigenvalue weighted by atomic mass is 9.96. The largest absolute Gasteiger partial charge is 0.497 e. The molecule has 0 saturated carbocycles. The quantitative estimate of drug-likeness (QED) is 0.653. The molecular formula is C22H22N4O2. The predicted molar refractivity (Wildman–Crippen MR) is 108 cm³/mol. The molecule has 0 radical (unpaired) electrons. The molecule has 0 bridgehead atoms. The fraction of sp³-hybridized carbons (Fsp3) is 0.227. The molecular weight excluding hydrogens is 352 g/mol. The number of pyridine rings is 1. The van der Waals surface area contributed by atoms with E-state index in [0.29, 0.717) is 13.1 Å². The van der Waals surface area contributed by atoms with Crippen LogP contribution in [0.1, 0.15) is 18.7 Å². The van der Waals surface area contributed by atoms with Gasteiger partial charge in [0, 0.05) is 30.1 Å². The van der Waals surface area contributed by atoms with Crippen LogP contribution in [0.2, 0.25) is 0 Å². The topological polar surface area (TPSA) is 60.2 Å². The van der Waals surface area contributed by atoms with E-state index in [1.807, 2.05) is 52.9 Å². The van der Waals surface area contributed by atoms with E-state index in [1.165, 1.54) is 6.08 Å². The van der Waals surface area contributed by atoms with Crippen LogP contribution in [0.25, 0.3) is 22.4 Å². The van der Waals surface area contributed by atoms with Gasteiger partial charge >= 0.3 is 0 Å². The molecule has 1 atom stereocenters. The molecule has 0 spiro atoms. The molecule has 0 aliphatic carbocycles. The van der Waals surface area contributed by atoms with Gasteiger partial charge in [-0.15, -0.1) is 0 Å². The van der Waals surface area contributed by atoms with Crippen molar-refractivity contribution in [3.63, 3.8) is 0 Å². The lowest BCUT2D eigenvalue weighted by molar-refractivity contribution is -0.129. The van der Waals surface area contributed by atoms with Gasteiger partial charge in [0.25, 0.3) is 0 Å². The summed E-state index contributed by atoms with van der Waals surface area (Å²) < 4.78 is 7.30. The number of rotatable bonds is 4. The molecule has 0 saturated heterocycles. The number of carbonyl (C=O) groups is 1. The number of nitrogens with zero attached hydrogens (tertiary/aromatic N) is 4. The summed E-state index contributed by atoms with van der Waals surface area (Å²) in [5.41, 5.74) is 4.98. The van der Waals surface area contributed by atoms with Crippen molar-refractivity contribution in [3.05, 3.63) is 67.1 Å². The number of hydrogen-bond donors (Lipinski definition) is 0. The zero-order valence-electron chi connectivity index (χ0n) is 16.0. The monoisotopic (exact) mass is 374 g/mol. The van der Waals surface area contributed by atoms with Crippen LogP contribution < -0.4 is 4.74 Å². The summed E-state index contributed by atoms with van der Waals surface area (Å²) >= 11 is 0. The van der Waals surface area contributed by atoms with Gasteiger partial charge in [-0.3, -0.25) is 14.5 Å². The number of hydrogen-bond acceptors (Lipinski definition) is 4. The SMILES string of the molecule is C=CC(=O)N1CCn2nc(-c3ccc(OC)cc3)c(-c3ccncc3)c2[C@H]1C. The Morgan fingerprint density at radius 1 is 1.14 bits per heavy atom. The van der Waals surface area contributed by atoms with Gasteiger partial charge in [-0.1, -0.05) is 6.58 Å². The number of amides is 1. The van der Waals surface area contributed by atoms with E-state index in [0.717, 1.165) is 33.8 Å². The van der Waals surface area contributed by atoms with Gasteiger partial charge in [0.05, 0.1) is 25.4 Å². The summed E-state index contributed by atoms with van der Waals surface area (Å²) in [5, 5.41) is 4.91. The molecule has 6 nitrogen and oxygen atoms in total. The van der Waals surface area contributed by atoms with Gasteiger partial charge in [0.1, 0.15) is 11.4 Å². The van der Waals surface area contributed by atoms with E-state index >= 15 is 0 Å². The molecule has 0 N–H and O–H groups in total. The molecule has 3 heterocycles. The standard InChI is InChI=1S/C22H22N4O2/c1-4-19(27)25-13-14-26-22(15(25)2)20(16-9-11-23-12-10-16)21(24-26)17-5-7-18(28-3)8-6-17/h4-12,15H,1,13-14H2,2-3H3/t15-/m1/s1. The first kappa shape index (κ1) is 18.0. The average Bonchev–Trinajstić information content (AvgIpc) is 3.14. The van der Waals surface area contributed by atoms with E-state index < -0.39 is 0 Å². The second-order valence-electron chi connectivity index (χ2n) is 6.71. The van der Waals surface area contributed by atoms with E-state index in [-0.39, 0.29) is 11.9 Å². The van der Waals surface area contributed by atoms with Gasteiger partial charge in [-0.2, -0.15) is 5.10 Å². The Morgan fingerprint density at radius 3 is 2.50 bits per heavy atom. The lowest BCUT2D eigenvalue weighted by Gasteiger charge is -2.34. The van der Waals surface area contributed by atoms with Crippen molar-refractivity contribution >= 4 is 5.91 Å². The maximum Gasteiger partial charge on any atom is 0.246 e. The van der Waals surface area contributed by atoms with Crippen LogP contribution in [0, 0.1) is 0 Å². The van der Waals surface area contributed by atoms with Crippen LogP contribution in [0.15, 0.2) is 61.4 Å². The summed E-state index contributed by atoms with van der Waals surface area (Å²) in [5.74, 6) is 0.737. The fourth-order valence-corrected chi connectivity index (χ4v) is 3.79.